The Morgan fingerprint density at radius 1 is 1.05 bits per heavy atom. The van der Waals surface area contributed by atoms with Gasteiger partial charge in [-0.1, -0.05) is 48.5 Å². The van der Waals surface area contributed by atoms with Crippen LogP contribution in [0.25, 0.3) is 0 Å². The van der Waals surface area contributed by atoms with Crippen molar-refractivity contribution >= 4 is 0 Å². The summed E-state index contributed by atoms with van der Waals surface area (Å²) in [5, 5.41) is 0. The molecule has 0 saturated carbocycles. The van der Waals surface area contributed by atoms with Crippen LogP contribution in [0.15, 0.2) is 67.3 Å². The molecule has 0 amide bonds. The molecule has 0 saturated heterocycles. The highest BCUT2D eigenvalue weighted by Gasteiger charge is 2.05. The quantitative estimate of drug-likeness (QED) is 0.762. The van der Waals surface area contributed by atoms with Gasteiger partial charge in [0.2, 0.25) is 0 Å². The Morgan fingerprint density at radius 3 is 2.40 bits per heavy atom. The van der Waals surface area contributed by atoms with Gasteiger partial charge in [-0.25, -0.2) is 0 Å². The number of benzene rings is 2. The van der Waals surface area contributed by atoms with Gasteiger partial charge in [0.1, 0.15) is 12.4 Å². The molecule has 2 aromatic rings. The van der Waals surface area contributed by atoms with Crippen LogP contribution in [-0.4, -0.2) is 0 Å². The molecule has 0 aliphatic heterocycles. The number of rotatable bonds is 7. The normalized spacial score (nSPS) is 11.8. The van der Waals surface area contributed by atoms with Gasteiger partial charge < -0.3 is 10.5 Å². The highest BCUT2D eigenvalue weighted by Crippen LogP contribution is 2.20. The molecule has 0 unspecified atom stereocenters. The van der Waals surface area contributed by atoms with Crippen LogP contribution in [0.5, 0.6) is 5.75 Å². The van der Waals surface area contributed by atoms with E-state index in [1.54, 1.807) is 0 Å². The summed E-state index contributed by atoms with van der Waals surface area (Å²) in [6.07, 6.45) is 3.76. The zero-order chi connectivity index (χ0) is 14.2. The standard InChI is InChI=1S/C18H21NO/c1-2-3-9-18(19)16-10-12-17(13-11-16)20-14-15-7-5-4-6-8-15/h2,4-8,10-13,18H,1,3,9,14,19H2/t18-/m1/s1. The topological polar surface area (TPSA) is 35.2 Å². The van der Waals surface area contributed by atoms with Gasteiger partial charge in [-0.05, 0) is 36.1 Å². The van der Waals surface area contributed by atoms with E-state index in [2.05, 4.69) is 18.7 Å². The molecule has 0 spiro atoms. The fourth-order valence-electron chi connectivity index (χ4n) is 2.02. The highest BCUT2D eigenvalue weighted by molar-refractivity contribution is 5.29. The lowest BCUT2D eigenvalue weighted by Gasteiger charge is -2.12. The second-order valence-electron chi connectivity index (χ2n) is 4.82. The van der Waals surface area contributed by atoms with Crippen molar-refractivity contribution in [1.29, 1.82) is 0 Å². The van der Waals surface area contributed by atoms with Crippen LogP contribution in [0, 0.1) is 0 Å². The first-order valence-electron chi connectivity index (χ1n) is 6.93. The Hall–Kier alpha value is -2.06. The van der Waals surface area contributed by atoms with Crippen LogP contribution in [0.1, 0.15) is 30.0 Å². The third-order valence-corrected chi connectivity index (χ3v) is 3.24. The minimum Gasteiger partial charge on any atom is -0.489 e. The van der Waals surface area contributed by atoms with E-state index >= 15 is 0 Å². The fraction of sp³-hybridized carbons (Fsp3) is 0.222. The van der Waals surface area contributed by atoms with Gasteiger partial charge in [0.05, 0.1) is 0 Å². The van der Waals surface area contributed by atoms with Crippen LogP contribution in [0.3, 0.4) is 0 Å². The number of hydrogen-bond donors (Lipinski definition) is 1. The first-order valence-corrected chi connectivity index (χ1v) is 6.93. The lowest BCUT2D eigenvalue weighted by atomic mass is 10.0. The summed E-state index contributed by atoms with van der Waals surface area (Å²) in [7, 11) is 0. The maximum atomic E-state index is 6.11. The Balaban J connectivity index is 1.89. The minimum absolute atomic E-state index is 0.0659. The molecular formula is C18H21NO. The smallest absolute Gasteiger partial charge is 0.119 e. The molecule has 2 heteroatoms. The molecule has 2 rings (SSSR count). The molecule has 0 bridgehead atoms. The van der Waals surface area contributed by atoms with Gasteiger partial charge in [0.15, 0.2) is 0 Å². The monoisotopic (exact) mass is 267 g/mol. The van der Waals surface area contributed by atoms with Crippen LogP contribution < -0.4 is 10.5 Å². The predicted molar refractivity (Wildman–Crippen MR) is 83.6 cm³/mol. The maximum absolute atomic E-state index is 6.11. The summed E-state index contributed by atoms with van der Waals surface area (Å²) in [4.78, 5) is 0. The largest absolute Gasteiger partial charge is 0.489 e. The molecule has 20 heavy (non-hydrogen) atoms. The van der Waals surface area contributed by atoms with Crippen molar-refractivity contribution in [3.05, 3.63) is 78.4 Å². The van der Waals surface area contributed by atoms with E-state index in [0.29, 0.717) is 6.61 Å². The van der Waals surface area contributed by atoms with Crippen molar-refractivity contribution in [2.45, 2.75) is 25.5 Å². The fourth-order valence-corrected chi connectivity index (χ4v) is 2.02. The number of nitrogens with two attached hydrogens (primary N) is 1. The zero-order valence-electron chi connectivity index (χ0n) is 11.7. The van der Waals surface area contributed by atoms with Crippen molar-refractivity contribution in [1.82, 2.24) is 0 Å². The van der Waals surface area contributed by atoms with Gasteiger partial charge >= 0.3 is 0 Å². The van der Waals surface area contributed by atoms with Gasteiger partial charge in [-0.3, -0.25) is 0 Å². The van der Waals surface area contributed by atoms with E-state index in [9.17, 15) is 0 Å². The summed E-state index contributed by atoms with van der Waals surface area (Å²) in [5.74, 6) is 0.869. The molecule has 2 nitrogen and oxygen atoms in total. The molecule has 0 aliphatic rings. The number of ether oxygens (including phenoxy) is 1. The second kappa shape index (κ2) is 7.51. The molecule has 104 valence electrons. The van der Waals surface area contributed by atoms with Gasteiger partial charge in [-0.2, -0.15) is 0 Å². The summed E-state index contributed by atoms with van der Waals surface area (Å²) >= 11 is 0. The van der Waals surface area contributed by atoms with Gasteiger partial charge in [-0.15, -0.1) is 6.58 Å². The first-order chi connectivity index (χ1) is 9.79. The molecule has 0 aliphatic carbocycles. The van der Waals surface area contributed by atoms with Gasteiger partial charge in [0.25, 0.3) is 0 Å². The lowest BCUT2D eigenvalue weighted by Crippen LogP contribution is -2.09. The molecule has 0 fully saturated rings. The molecule has 2 aromatic carbocycles. The highest BCUT2D eigenvalue weighted by atomic mass is 16.5. The van der Waals surface area contributed by atoms with Gasteiger partial charge in [0, 0.05) is 6.04 Å². The Kier molecular flexibility index (Phi) is 5.39. The molecule has 0 aromatic heterocycles. The Bertz CT molecular complexity index is 519. The minimum atomic E-state index is 0.0659. The molecule has 2 N–H and O–H groups in total. The summed E-state index contributed by atoms with van der Waals surface area (Å²) in [5.41, 5.74) is 8.41. The second-order valence-corrected chi connectivity index (χ2v) is 4.82. The summed E-state index contributed by atoms with van der Waals surface area (Å²) in [6, 6.07) is 18.2. The average molecular weight is 267 g/mol. The summed E-state index contributed by atoms with van der Waals surface area (Å²) in [6.45, 7) is 4.30. The van der Waals surface area contributed by atoms with Crippen molar-refractivity contribution in [3.8, 4) is 5.75 Å². The Morgan fingerprint density at radius 2 is 1.75 bits per heavy atom. The van der Waals surface area contributed by atoms with Crippen molar-refractivity contribution in [2.24, 2.45) is 5.73 Å². The molecule has 0 radical (unpaired) electrons. The van der Waals surface area contributed by atoms with Crippen LogP contribution in [-0.2, 0) is 6.61 Å². The van der Waals surface area contributed by atoms with E-state index in [1.165, 1.54) is 5.56 Å². The van der Waals surface area contributed by atoms with Crippen molar-refractivity contribution in [3.63, 3.8) is 0 Å². The first kappa shape index (κ1) is 14.4. The number of allylic oxidation sites excluding steroid dienone is 1. The SMILES string of the molecule is C=CCC[C@@H](N)c1ccc(OCc2ccccc2)cc1. The van der Waals surface area contributed by atoms with E-state index < -0.39 is 0 Å². The average Bonchev–Trinajstić information content (AvgIpc) is 2.52. The van der Waals surface area contributed by atoms with E-state index in [1.807, 2.05) is 48.5 Å². The van der Waals surface area contributed by atoms with Crippen LogP contribution in [0.2, 0.25) is 0 Å². The van der Waals surface area contributed by atoms with Crippen LogP contribution in [0.4, 0.5) is 0 Å². The third-order valence-electron chi connectivity index (χ3n) is 3.24. The predicted octanol–water partition coefficient (Wildman–Crippen LogP) is 4.23. The van der Waals surface area contributed by atoms with Crippen LogP contribution >= 0.6 is 0 Å². The van der Waals surface area contributed by atoms with Crippen molar-refractivity contribution in [2.75, 3.05) is 0 Å². The maximum Gasteiger partial charge on any atom is 0.119 e. The third kappa shape index (κ3) is 4.25. The molecular weight excluding hydrogens is 246 g/mol. The van der Waals surface area contributed by atoms with E-state index in [0.717, 1.165) is 24.2 Å². The van der Waals surface area contributed by atoms with E-state index in [-0.39, 0.29) is 6.04 Å². The molecule has 1 atom stereocenters. The Labute approximate surface area is 120 Å². The van der Waals surface area contributed by atoms with Crippen molar-refractivity contribution < 1.29 is 4.74 Å². The number of hydrogen-bond acceptors (Lipinski definition) is 2. The van der Waals surface area contributed by atoms with E-state index in [4.69, 9.17) is 10.5 Å². The lowest BCUT2D eigenvalue weighted by molar-refractivity contribution is 0.306. The molecule has 0 heterocycles. The zero-order valence-corrected chi connectivity index (χ0v) is 11.7. The summed E-state index contributed by atoms with van der Waals surface area (Å²) < 4.78 is 5.75.